The summed E-state index contributed by atoms with van der Waals surface area (Å²) in [5, 5.41) is 0. The number of hydrogen-bond donors (Lipinski definition) is 0. The molecule has 0 fully saturated rings. The van der Waals surface area contributed by atoms with E-state index in [1.807, 2.05) is 0 Å². The molecular weight excluding hydrogens is 204 g/mol. The predicted octanol–water partition coefficient (Wildman–Crippen LogP) is 2.97. The van der Waals surface area contributed by atoms with Crippen LogP contribution in [-0.2, 0) is 8.98 Å². The van der Waals surface area contributed by atoms with Gasteiger partial charge in [0.15, 0.2) is 0 Å². The monoisotopic (exact) mass is 208 g/mol. The molecule has 1 heterocycles. The van der Waals surface area contributed by atoms with Crippen LogP contribution in [0.5, 0.6) is 0 Å². The molecule has 1 aromatic heterocycles. The minimum atomic E-state index is -0.306. The number of halogens is 1. The van der Waals surface area contributed by atoms with Gasteiger partial charge in [-0.25, -0.2) is 0 Å². The average Bonchev–Trinajstić information content (AvgIpc) is 2.31. The third-order valence-corrected chi connectivity index (χ3v) is 2.89. The Labute approximate surface area is 77.7 Å². The van der Waals surface area contributed by atoms with E-state index in [1.54, 1.807) is 12.1 Å². The van der Waals surface area contributed by atoms with E-state index in [1.165, 1.54) is 18.3 Å². The van der Waals surface area contributed by atoms with Gasteiger partial charge in [-0.05, 0) is 12.1 Å². The van der Waals surface area contributed by atoms with E-state index in [0.717, 1.165) is 16.3 Å². The molecule has 2 nitrogen and oxygen atoms in total. The average molecular weight is 209 g/mol. The Balaban J connectivity index is 2.45. The topological polar surface area (TPSA) is 26.3 Å². The zero-order valence-corrected chi connectivity index (χ0v) is 8.05. The molecule has 0 spiro atoms. The molecule has 0 bridgehead atoms. The minimum absolute atomic E-state index is 0.306. The van der Waals surface area contributed by atoms with E-state index in [2.05, 4.69) is 4.18 Å². The van der Waals surface area contributed by atoms with Gasteiger partial charge in [-0.1, -0.05) is 11.6 Å². The molecule has 11 heavy (non-hydrogen) atoms. The zero-order valence-electron chi connectivity index (χ0n) is 5.67. The van der Waals surface area contributed by atoms with Crippen LogP contribution in [0.2, 0.25) is 4.34 Å². The molecule has 0 atom stereocenters. The van der Waals surface area contributed by atoms with E-state index in [0.29, 0.717) is 4.34 Å². The van der Waals surface area contributed by atoms with Gasteiger partial charge in [0.1, 0.15) is 16.3 Å². The highest BCUT2D eigenvalue weighted by Crippen LogP contribution is 2.30. The van der Waals surface area contributed by atoms with Gasteiger partial charge in [0, 0.05) is 6.92 Å². The van der Waals surface area contributed by atoms with Gasteiger partial charge in [0.25, 0.3) is 0 Å². The van der Waals surface area contributed by atoms with E-state index >= 15 is 0 Å². The second kappa shape index (κ2) is 3.99. The first-order valence-corrected chi connectivity index (χ1v) is 4.72. The summed E-state index contributed by atoms with van der Waals surface area (Å²) in [7, 11) is 0. The fraction of sp³-hybridized carbons (Fsp3) is 0.167. The minimum Gasteiger partial charge on any atom is -0.385 e. The van der Waals surface area contributed by atoms with Gasteiger partial charge < -0.3 is 4.18 Å². The lowest BCUT2D eigenvalue weighted by Crippen LogP contribution is -1.87. The molecule has 1 aromatic rings. The maximum absolute atomic E-state index is 10.4. The number of hydrogen-bond acceptors (Lipinski definition) is 4. The Bertz CT molecular complexity index is 259. The van der Waals surface area contributed by atoms with Crippen LogP contribution >= 0.6 is 35.0 Å². The number of carbonyl (C=O) groups excluding carboxylic acids is 1. The van der Waals surface area contributed by atoms with Crippen LogP contribution in [-0.4, -0.2) is 5.97 Å². The molecule has 0 unspecified atom stereocenters. The molecule has 0 N–H and O–H groups in total. The molecule has 0 saturated carbocycles. The normalized spacial score (nSPS) is 9.64. The Morgan fingerprint density at radius 2 is 2.45 bits per heavy atom. The Morgan fingerprint density at radius 1 is 1.73 bits per heavy atom. The fourth-order valence-electron chi connectivity index (χ4n) is 0.442. The molecule has 5 heteroatoms. The molecule has 0 aliphatic rings. The van der Waals surface area contributed by atoms with Crippen LogP contribution in [0.25, 0.3) is 0 Å². The van der Waals surface area contributed by atoms with Crippen LogP contribution in [0.4, 0.5) is 0 Å². The van der Waals surface area contributed by atoms with Gasteiger partial charge >= 0.3 is 5.97 Å². The Kier molecular flexibility index (Phi) is 3.23. The van der Waals surface area contributed by atoms with Crippen molar-refractivity contribution in [1.82, 2.24) is 0 Å². The standard InChI is InChI=1S/C6H5ClO2S2/c1-4(8)9-11-6-3-2-5(7)10-6/h2-3H,1H3. The molecule has 1 rings (SSSR count). The van der Waals surface area contributed by atoms with Crippen molar-refractivity contribution in [2.75, 3.05) is 0 Å². The third-order valence-electron chi connectivity index (χ3n) is 0.790. The Hall–Kier alpha value is -0.190. The molecule has 0 amide bonds. The molecular formula is C6H5ClO2S2. The quantitative estimate of drug-likeness (QED) is 0.699. The van der Waals surface area contributed by atoms with Gasteiger partial charge in [-0.15, -0.1) is 11.3 Å². The van der Waals surface area contributed by atoms with Crippen LogP contribution in [0, 0.1) is 0 Å². The van der Waals surface area contributed by atoms with Crippen molar-refractivity contribution in [3.63, 3.8) is 0 Å². The number of rotatable bonds is 2. The first kappa shape index (κ1) is 8.90. The summed E-state index contributed by atoms with van der Waals surface area (Å²) < 4.78 is 6.24. The van der Waals surface area contributed by atoms with Crippen molar-refractivity contribution >= 4 is 40.9 Å². The summed E-state index contributed by atoms with van der Waals surface area (Å²) in [5.74, 6) is -0.306. The van der Waals surface area contributed by atoms with Gasteiger partial charge in [-0.3, -0.25) is 4.79 Å². The molecule has 0 aliphatic carbocycles. The highest BCUT2D eigenvalue weighted by molar-refractivity contribution is 7.97. The number of thiophene rings is 1. The predicted molar refractivity (Wildman–Crippen MR) is 47.0 cm³/mol. The summed E-state index contributed by atoms with van der Waals surface area (Å²) in [6.45, 7) is 1.36. The van der Waals surface area contributed by atoms with Gasteiger partial charge in [-0.2, -0.15) is 0 Å². The largest absolute Gasteiger partial charge is 0.385 e. The molecule has 60 valence electrons. The summed E-state index contributed by atoms with van der Waals surface area (Å²) in [4.78, 5) is 10.4. The smallest absolute Gasteiger partial charge is 0.315 e. The zero-order chi connectivity index (χ0) is 8.27. The van der Waals surface area contributed by atoms with Crippen LogP contribution in [0.3, 0.4) is 0 Å². The van der Waals surface area contributed by atoms with Crippen LogP contribution in [0.1, 0.15) is 6.92 Å². The van der Waals surface area contributed by atoms with Crippen molar-refractivity contribution in [2.45, 2.75) is 11.1 Å². The fourth-order valence-corrected chi connectivity index (χ4v) is 2.19. The van der Waals surface area contributed by atoms with Gasteiger partial charge in [0.2, 0.25) is 0 Å². The van der Waals surface area contributed by atoms with Crippen LogP contribution in [0.15, 0.2) is 16.3 Å². The first-order chi connectivity index (χ1) is 5.18. The SMILES string of the molecule is CC(=O)OSc1ccc(Cl)s1. The van der Waals surface area contributed by atoms with E-state index in [4.69, 9.17) is 11.6 Å². The Morgan fingerprint density at radius 3 is 2.91 bits per heavy atom. The third kappa shape index (κ3) is 3.14. The maximum Gasteiger partial charge on any atom is 0.315 e. The van der Waals surface area contributed by atoms with E-state index < -0.39 is 0 Å². The lowest BCUT2D eigenvalue weighted by Gasteiger charge is -1.93. The van der Waals surface area contributed by atoms with Crippen molar-refractivity contribution in [2.24, 2.45) is 0 Å². The lowest BCUT2D eigenvalue weighted by atomic mass is 10.7. The van der Waals surface area contributed by atoms with Crippen molar-refractivity contribution in [1.29, 1.82) is 0 Å². The second-order valence-electron chi connectivity index (χ2n) is 1.72. The lowest BCUT2D eigenvalue weighted by molar-refractivity contribution is -0.130. The summed E-state index contributed by atoms with van der Waals surface area (Å²) in [6, 6.07) is 3.57. The van der Waals surface area contributed by atoms with E-state index in [9.17, 15) is 4.79 Å². The molecule has 0 saturated heterocycles. The summed E-state index contributed by atoms with van der Waals surface area (Å²) in [5.41, 5.74) is 0. The summed E-state index contributed by atoms with van der Waals surface area (Å²) >= 11 is 8.06. The molecule has 0 aliphatic heterocycles. The summed E-state index contributed by atoms with van der Waals surface area (Å²) in [6.07, 6.45) is 0. The molecule has 0 radical (unpaired) electrons. The van der Waals surface area contributed by atoms with Crippen molar-refractivity contribution in [3.8, 4) is 0 Å². The van der Waals surface area contributed by atoms with Crippen molar-refractivity contribution in [3.05, 3.63) is 16.5 Å². The van der Waals surface area contributed by atoms with Gasteiger partial charge in [0.05, 0.1) is 4.34 Å². The number of carbonyl (C=O) groups is 1. The van der Waals surface area contributed by atoms with Crippen molar-refractivity contribution < 1.29 is 8.98 Å². The highest BCUT2D eigenvalue weighted by Gasteiger charge is 2.00. The van der Waals surface area contributed by atoms with E-state index in [-0.39, 0.29) is 5.97 Å². The molecule has 0 aromatic carbocycles. The highest BCUT2D eigenvalue weighted by atomic mass is 35.5. The second-order valence-corrected chi connectivity index (χ2v) is 4.46. The first-order valence-electron chi connectivity index (χ1n) is 2.79. The van der Waals surface area contributed by atoms with Crippen LogP contribution < -0.4 is 0 Å². The maximum atomic E-state index is 10.4.